The van der Waals surface area contributed by atoms with E-state index < -0.39 is 78.1 Å². The van der Waals surface area contributed by atoms with Gasteiger partial charge in [-0.1, -0.05) is 145 Å². The maximum Gasteiger partial charge on any atom is 0.164 e. The molecule has 0 unspecified atom stereocenters. The smallest absolute Gasteiger partial charge is 0.164 e. The maximum absolute atomic E-state index is 9.45. The molecule has 11 aromatic rings. The summed E-state index contributed by atoms with van der Waals surface area (Å²) in [7, 11) is 0. The topological polar surface area (TPSA) is 56.7 Å². The lowest BCUT2D eigenvalue weighted by Gasteiger charge is -2.16. The Labute approximate surface area is 339 Å². The van der Waals surface area contributed by atoms with E-state index in [4.69, 9.17) is 30.3 Å². The number of aromatic nitrogens is 4. The van der Waals surface area contributed by atoms with Crippen LogP contribution in [0.4, 0.5) is 0 Å². The summed E-state index contributed by atoms with van der Waals surface area (Å²) in [6.07, 6.45) is 0. The molecule has 0 aliphatic heterocycles. The predicted octanol–water partition coefficient (Wildman–Crippen LogP) is 13.2. The van der Waals surface area contributed by atoms with Crippen LogP contribution in [0.3, 0.4) is 0 Å². The average molecular weight is 729 g/mol. The standard InChI is InChI=1S/C51H32N4O/c1-4-15-33(16-5-1)38-23-14-25-45-48(38)41-22-10-12-24-43(41)55(45)44-30-28-36(31-42(44)34-17-6-2-7-18-34)50-52-49(35-19-8-3-9-20-35)53-51(54-50)37-27-29-40-39-21-11-13-26-46(39)56-47(40)32-37/h1-32H/i1D,4D,5D,10D,12D,14D,15D,16D,22D,23D,24D,25D. The number of fused-ring (bicyclic) bond motifs is 6. The summed E-state index contributed by atoms with van der Waals surface area (Å²) in [5.41, 5.74) is 3.76. The molecule has 262 valence electrons. The van der Waals surface area contributed by atoms with Crippen LogP contribution in [-0.2, 0) is 0 Å². The Morgan fingerprint density at radius 1 is 0.411 bits per heavy atom. The van der Waals surface area contributed by atoms with E-state index in [1.807, 2.05) is 109 Å². The van der Waals surface area contributed by atoms with Crippen LogP contribution in [0.1, 0.15) is 16.4 Å². The molecule has 0 atom stereocenters. The van der Waals surface area contributed by atoms with Gasteiger partial charge in [0.2, 0.25) is 0 Å². The molecule has 0 aliphatic carbocycles. The summed E-state index contributed by atoms with van der Waals surface area (Å²) in [6, 6.07) is 30.0. The van der Waals surface area contributed by atoms with Gasteiger partial charge in [-0.25, -0.2) is 15.0 Å². The van der Waals surface area contributed by atoms with Gasteiger partial charge in [-0.05, 0) is 65.2 Å². The molecular formula is C51H32N4O. The third-order valence-corrected chi connectivity index (χ3v) is 9.85. The van der Waals surface area contributed by atoms with Crippen molar-refractivity contribution in [3.05, 3.63) is 194 Å². The molecule has 8 aromatic carbocycles. The zero-order valence-corrected chi connectivity index (χ0v) is 29.2. The van der Waals surface area contributed by atoms with E-state index >= 15 is 0 Å². The molecule has 11 rings (SSSR count). The number of para-hydroxylation sites is 2. The molecule has 0 saturated carbocycles. The molecule has 0 amide bonds. The van der Waals surface area contributed by atoms with Crippen molar-refractivity contribution in [2.75, 3.05) is 0 Å². The van der Waals surface area contributed by atoms with E-state index in [0.29, 0.717) is 51.0 Å². The Morgan fingerprint density at radius 2 is 1.04 bits per heavy atom. The summed E-state index contributed by atoms with van der Waals surface area (Å²) >= 11 is 0. The fourth-order valence-corrected chi connectivity index (χ4v) is 7.31. The van der Waals surface area contributed by atoms with Crippen LogP contribution < -0.4 is 0 Å². The summed E-state index contributed by atoms with van der Waals surface area (Å²) in [6.45, 7) is 0. The van der Waals surface area contributed by atoms with Crippen molar-refractivity contribution in [1.82, 2.24) is 19.5 Å². The van der Waals surface area contributed by atoms with E-state index in [2.05, 4.69) is 0 Å². The largest absolute Gasteiger partial charge is 0.456 e. The lowest BCUT2D eigenvalue weighted by atomic mass is 9.99. The van der Waals surface area contributed by atoms with Gasteiger partial charge in [0.1, 0.15) is 11.2 Å². The molecule has 0 spiro atoms. The highest BCUT2D eigenvalue weighted by atomic mass is 16.3. The predicted molar refractivity (Wildman–Crippen MR) is 229 cm³/mol. The number of nitrogens with zero attached hydrogens (tertiary/aromatic N) is 4. The normalized spacial score (nSPS) is 14.6. The van der Waals surface area contributed by atoms with Gasteiger partial charge in [0.15, 0.2) is 17.5 Å². The summed E-state index contributed by atoms with van der Waals surface area (Å²) in [5, 5.41) is 1.61. The van der Waals surface area contributed by atoms with Crippen molar-refractivity contribution >= 4 is 43.7 Å². The van der Waals surface area contributed by atoms with E-state index in [1.54, 1.807) is 12.1 Å². The molecule has 0 bridgehead atoms. The van der Waals surface area contributed by atoms with Crippen LogP contribution in [-0.4, -0.2) is 19.5 Å². The van der Waals surface area contributed by atoms with Crippen molar-refractivity contribution in [1.29, 1.82) is 0 Å². The first-order valence-electron chi connectivity index (χ1n) is 23.8. The number of hydrogen-bond donors (Lipinski definition) is 0. The Morgan fingerprint density at radius 3 is 1.84 bits per heavy atom. The van der Waals surface area contributed by atoms with Gasteiger partial charge in [0, 0.05) is 43.8 Å². The minimum absolute atomic E-state index is 0.113. The van der Waals surface area contributed by atoms with Gasteiger partial charge in [0.05, 0.1) is 33.2 Å². The third kappa shape index (κ3) is 5.29. The highest BCUT2D eigenvalue weighted by Gasteiger charge is 2.20. The van der Waals surface area contributed by atoms with Gasteiger partial charge in [-0.2, -0.15) is 0 Å². The van der Waals surface area contributed by atoms with Crippen LogP contribution in [0.15, 0.2) is 198 Å². The second-order valence-electron chi connectivity index (χ2n) is 13.1. The molecule has 0 fully saturated rings. The first-order valence-corrected chi connectivity index (χ1v) is 17.8. The number of furan rings is 1. The molecule has 0 N–H and O–H groups in total. The number of rotatable bonds is 6. The second kappa shape index (κ2) is 13.0. The quantitative estimate of drug-likeness (QED) is 0.171. The highest BCUT2D eigenvalue weighted by Crippen LogP contribution is 2.42. The molecule has 0 radical (unpaired) electrons. The maximum atomic E-state index is 9.45. The van der Waals surface area contributed by atoms with Crippen LogP contribution in [0.2, 0.25) is 0 Å². The Balaban J connectivity index is 1.22. The third-order valence-electron chi connectivity index (χ3n) is 9.85. The van der Waals surface area contributed by atoms with Crippen LogP contribution >= 0.6 is 0 Å². The molecule has 5 nitrogen and oxygen atoms in total. The fraction of sp³-hybridized carbons (Fsp3) is 0. The van der Waals surface area contributed by atoms with Gasteiger partial charge in [-0.3, -0.25) is 0 Å². The first kappa shape index (κ1) is 21.9. The molecule has 3 heterocycles. The van der Waals surface area contributed by atoms with E-state index in [9.17, 15) is 5.48 Å². The summed E-state index contributed by atoms with van der Waals surface area (Å²) in [5.74, 6) is 1.06. The molecule has 0 aliphatic rings. The minimum Gasteiger partial charge on any atom is -0.456 e. The van der Waals surface area contributed by atoms with Crippen LogP contribution in [0.25, 0.3) is 106 Å². The van der Waals surface area contributed by atoms with Gasteiger partial charge >= 0.3 is 0 Å². The lowest BCUT2D eigenvalue weighted by Crippen LogP contribution is -2.02. The van der Waals surface area contributed by atoms with E-state index in [-0.39, 0.29) is 27.4 Å². The van der Waals surface area contributed by atoms with Gasteiger partial charge in [0.25, 0.3) is 0 Å². The van der Waals surface area contributed by atoms with Gasteiger partial charge < -0.3 is 8.98 Å². The Kier molecular flexibility index (Phi) is 5.10. The van der Waals surface area contributed by atoms with Crippen LogP contribution in [0.5, 0.6) is 0 Å². The van der Waals surface area contributed by atoms with Gasteiger partial charge in [-0.15, -0.1) is 0 Å². The zero-order valence-electron chi connectivity index (χ0n) is 41.2. The van der Waals surface area contributed by atoms with Crippen molar-refractivity contribution in [3.8, 4) is 62.1 Å². The molecule has 56 heavy (non-hydrogen) atoms. The molecule has 5 heteroatoms. The number of hydrogen-bond acceptors (Lipinski definition) is 4. The van der Waals surface area contributed by atoms with Crippen molar-refractivity contribution < 1.29 is 20.9 Å². The summed E-state index contributed by atoms with van der Waals surface area (Å²) < 4.78 is 115. The first-order chi connectivity index (χ1) is 32.7. The Bertz CT molecular complexity index is 3920. The van der Waals surface area contributed by atoms with E-state index in [1.165, 1.54) is 4.57 Å². The van der Waals surface area contributed by atoms with Crippen molar-refractivity contribution in [3.63, 3.8) is 0 Å². The summed E-state index contributed by atoms with van der Waals surface area (Å²) in [4.78, 5) is 14.9. The fourth-order valence-electron chi connectivity index (χ4n) is 7.31. The van der Waals surface area contributed by atoms with Crippen LogP contribution in [0, 0.1) is 0 Å². The SMILES string of the molecule is [2H]c1c([2H])c([2H])c(-c2c([2H])c([2H])c([2H])c3c2c2c([2H])c([2H])c([2H])c([2H])c2n3-c2ccc(-c3nc(-c4ccccc4)nc(-c4ccc5c(c4)oc4ccccc45)n3)cc2-c2ccccc2)c([2H])c1[2H]. The number of benzene rings is 8. The Hall–Kier alpha value is -7.63. The van der Waals surface area contributed by atoms with Crippen molar-refractivity contribution in [2.24, 2.45) is 0 Å². The van der Waals surface area contributed by atoms with E-state index in [0.717, 1.165) is 21.9 Å². The zero-order chi connectivity index (χ0) is 47.4. The molecular weight excluding hydrogens is 685 g/mol. The monoisotopic (exact) mass is 728 g/mol. The van der Waals surface area contributed by atoms with Crippen molar-refractivity contribution in [2.45, 2.75) is 0 Å². The average Bonchev–Trinajstić information content (AvgIpc) is 3.93. The molecule has 3 aromatic heterocycles. The second-order valence-corrected chi connectivity index (χ2v) is 13.1. The molecule has 0 saturated heterocycles. The lowest BCUT2D eigenvalue weighted by molar-refractivity contribution is 0.669. The highest BCUT2D eigenvalue weighted by molar-refractivity contribution is 6.16. The minimum atomic E-state index is -0.699.